The zero-order valence-corrected chi connectivity index (χ0v) is 14.7. The van der Waals surface area contributed by atoms with Crippen LogP contribution in [0.4, 0.5) is 0 Å². The molecule has 5 nitrogen and oxygen atoms in total. The summed E-state index contributed by atoms with van der Waals surface area (Å²) in [6.07, 6.45) is 8.13. The first kappa shape index (κ1) is 16.2. The first-order chi connectivity index (χ1) is 12.3. The van der Waals surface area contributed by atoms with Gasteiger partial charge >= 0.3 is 0 Å². The number of amides is 1. The van der Waals surface area contributed by atoms with Gasteiger partial charge in [0.05, 0.1) is 19.7 Å². The minimum Gasteiger partial charge on any atom is -0.497 e. The molecule has 132 valence electrons. The molecule has 0 unspecified atom stereocenters. The third-order valence-corrected chi connectivity index (χ3v) is 5.52. The van der Waals surface area contributed by atoms with Crippen molar-refractivity contribution in [3.05, 3.63) is 48.3 Å². The first-order valence-corrected chi connectivity index (χ1v) is 9.18. The van der Waals surface area contributed by atoms with Gasteiger partial charge in [-0.25, -0.2) is 0 Å². The van der Waals surface area contributed by atoms with Crippen molar-refractivity contribution in [2.24, 2.45) is 5.92 Å². The maximum atomic E-state index is 13.1. The van der Waals surface area contributed by atoms with Crippen LogP contribution < -0.4 is 4.74 Å². The van der Waals surface area contributed by atoms with Crippen molar-refractivity contribution in [1.29, 1.82) is 0 Å². The summed E-state index contributed by atoms with van der Waals surface area (Å²) in [4.78, 5) is 15.2. The van der Waals surface area contributed by atoms with E-state index in [0.717, 1.165) is 38.1 Å². The molecule has 1 aromatic heterocycles. The predicted molar refractivity (Wildman–Crippen MR) is 95.4 cm³/mol. The highest BCUT2D eigenvalue weighted by molar-refractivity contribution is 5.83. The van der Waals surface area contributed by atoms with Crippen molar-refractivity contribution in [3.63, 3.8) is 0 Å². The minimum absolute atomic E-state index is 0.145. The van der Waals surface area contributed by atoms with Gasteiger partial charge in [-0.1, -0.05) is 12.1 Å². The van der Waals surface area contributed by atoms with Gasteiger partial charge in [0.25, 0.3) is 0 Å². The van der Waals surface area contributed by atoms with Crippen LogP contribution in [0.5, 0.6) is 5.75 Å². The molecular formula is C20H25N3O2. The van der Waals surface area contributed by atoms with Crippen LogP contribution in [0.3, 0.4) is 0 Å². The molecule has 4 rings (SSSR count). The number of benzene rings is 1. The number of methoxy groups -OCH3 is 1. The number of hydrogen-bond donors (Lipinski definition) is 0. The lowest BCUT2D eigenvalue weighted by atomic mass is 10.0. The summed E-state index contributed by atoms with van der Waals surface area (Å²) in [5, 5.41) is 4.31. The fraction of sp³-hybridized carbons (Fsp3) is 0.500. The van der Waals surface area contributed by atoms with E-state index in [4.69, 9.17) is 4.74 Å². The molecule has 0 bridgehead atoms. The van der Waals surface area contributed by atoms with Crippen molar-refractivity contribution in [2.45, 2.75) is 44.2 Å². The number of carbonyl (C=O) groups is 1. The van der Waals surface area contributed by atoms with Crippen molar-refractivity contribution in [1.82, 2.24) is 14.7 Å². The van der Waals surface area contributed by atoms with Crippen LogP contribution in [0.15, 0.2) is 42.7 Å². The topological polar surface area (TPSA) is 47.4 Å². The van der Waals surface area contributed by atoms with E-state index < -0.39 is 0 Å². The summed E-state index contributed by atoms with van der Waals surface area (Å²) in [6.45, 7) is 1.69. The van der Waals surface area contributed by atoms with Gasteiger partial charge in [0.15, 0.2) is 0 Å². The Morgan fingerprint density at radius 1 is 1.28 bits per heavy atom. The molecule has 3 atom stereocenters. The molecule has 2 fully saturated rings. The highest BCUT2D eigenvalue weighted by atomic mass is 16.5. The lowest BCUT2D eigenvalue weighted by Gasteiger charge is -2.36. The maximum Gasteiger partial charge on any atom is 0.226 e. The number of aromatic nitrogens is 2. The van der Waals surface area contributed by atoms with Gasteiger partial charge in [-0.15, -0.1) is 0 Å². The molecule has 0 radical (unpaired) electrons. The third kappa shape index (κ3) is 3.41. The Hall–Kier alpha value is -2.30. The van der Waals surface area contributed by atoms with Crippen LogP contribution in [0, 0.1) is 5.92 Å². The van der Waals surface area contributed by atoms with E-state index in [9.17, 15) is 4.79 Å². The molecule has 5 heteroatoms. The molecule has 2 heterocycles. The molecule has 1 aliphatic carbocycles. The largest absolute Gasteiger partial charge is 0.497 e. The second-order valence-electron chi connectivity index (χ2n) is 7.13. The fourth-order valence-corrected chi connectivity index (χ4v) is 4.01. The average Bonchev–Trinajstić information content (AvgIpc) is 3.30. The van der Waals surface area contributed by atoms with Gasteiger partial charge in [-0.2, -0.15) is 5.10 Å². The lowest BCUT2D eigenvalue weighted by Crippen LogP contribution is -2.46. The zero-order chi connectivity index (χ0) is 17.2. The van der Waals surface area contributed by atoms with E-state index in [0.29, 0.717) is 11.8 Å². The van der Waals surface area contributed by atoms with Crippen LogP contribution in [0.25, 0.3) is 0 Å². The van der Waals surface area contributed by atoms with E-state index in [-0.39, 0.29) is 12.0 Å². The first-order valence-electron chi connectivity index (χ1n) is 9.18. The van der Waals surface area contributed by atoms with Crippen LogP contribution in [0.1, 0.15) is 37.2 Å². The molecule has 0 spiro atoms. The Morgan fingerprint density at radius 3 is 2.84 bits per heavy atom. The normalized spacial score (nSPS) is 25.6. The Labute approximate surface area is 148 Å². The second kappa shape index (κ2) is 6.90. The Bertz CT molecular complexity index is 711. The van der Waals surface area contributed by atoms with E-state index in [1.54, 1.807) is 13.3 Å². The smallest absolute Gasteiger partial charge is 0.226 e. The van der Waals surface area contributed by atoms with Gasteiger partial charge in [0, 0.05) is 24.9 Å². The van der Waals surface area contributed by atoms with E-state index in [1.165, 1.54) is 12.0 Å². The summed E-state index contributed by atoms with van der Waals surface area (Å²) in [5.41, 5.74) is 1.25. The van der Waals surface area contributed by atoms with Gasteiger partial charge in [0.2, 0.25) is 5.91 Å². The number of nitrogens with zero attached hydrogens (tertiary/aromatic N) is 3. The second-order valence-corrected chi connectivity index (χ2v) is 7.13. The van der Waals surface area contributed by atoms with E-state index >= 15 is 0 Å². The summed E-state index contributed by atoms with van der Waals surface area (Å²) in [5.74, 6) is 1.71. The molecule has 1 aromatic carbocycles. The molecule has 25 heavy (non-hydrogen) atoms. The van der Waals surface area contributed by atoms with Crippen LogP contribution in [-0.4, -0.2) is 40.3 Å². The summed E-state index contributed by atoms with van der Waals surface area (Å²) in [7, 11) is 1.68. The fourth-order valence-electron chi connectivity index (χ4n) is 4.01. The highest BCUT2D eigenvalue weighted by Crippen LogP contribution is 2.49. The van der Waals surface area contributed by atoms with Crippen LogP contribution >= 0.6 is 0 Å². The van der Waals surface area contributed by atoms with Gasteiger partial charge in [-0.3, -0.25) is 9.48 Å². The predicted octanol–water partition coefficient (Wildman–Crippen LogP) is 3.08. The molecule has 2 aliphatic rings. The standard InChI is InChI=1S/C20H25N3O2/c1-25-17-8-6-15(7-9-17)18-13-19(18)20(24)23-12-3-2-5-16(23)14-22-11-4-10-21-22/h4,6-11,16,18-19H,2-3,5,12-14H2,1H3/t16-,18-,19-/m0/s1. The quantitative estimate of drug-likeness (QED) is 0.841. The van der Waals surface area contributed by atoms with Crippen molar-refractivity contribution in [3.8, 4) is 5.75 Å². The average molecular weight is 339 g/mol. The lowest BCUT2D eigenvalue weighted by molar-refractivity contribution is -0.136. The monoisotopic (exact) mass is 339 g/mol. The molecule has 1 saturated carbocycles. The van der Waals surface area contributed by atoms with E-state index in [2.05, 4.69) is 22.1 Å². The third-order valence-electron chi connectivity index (χ3n) is 5.52. The summed E-state index contributed by atoms with van der Waals surface area (Å²) >= 11 is 0. The van der Waals surface area contributed by atoms with Crippen molar-refractivity contribution < 1.29 is 9.53 Å². The van der Waals surface area contributed by atoms with Crippen LogP contribution in [-0.2, 0) is 11.3 Å². The summed E-state index contributed by atoms with van der Waals surface area (Å²) < 4.78 is 7.17. The molecule has 2 aromatic rings. The maximum absolute atomic E-state index is 13.1. The number of carbonyl (C=O) groups excluding carboxylic acids is 1. The SMILES string of the molecule is COc1ccc([C@@H]2C[C@@H]2C(=O)N2CCCC[C@H]2Cn2cccn2)cc1. The minimum atomic E-state index is 0.145. The number of piperidine rings is 1. The Kier molecular flexibility index (Phi) is 4.47. The van der Waals surface area contributed by atoms with E-state index in [1.807, 2.05) is 29.1 Å². The Balaban J connectivity index is 1.42. The number of likely N-dealkylation sites (tertiary alicyclic amines) is 1. The zero-order valence-electron chi connectivity index (χ0n) is 14.7. The molecule has 1 saturated heterocycles. The molecular weight excluding hydrogens is 314 g/mol. The Morgan fingerprint density at radius 2 is 2.12 bits per heavy atom. The molecule has 0 N–H and O–H groups in total. The number of rotatable bonds is 5. The molecule has 1 aliphatic heterocycles. The van der Waals surface area contributed by atoms with Crippen molar-refractivity contribution >= 4 is 5.91 Å². The summed E-state index contributed by atoms with van der Waals surface area (Å²) in [6, 6.07) is 10.4. The van der Waals surface area contributed by atoms with Gasteiger partial charge in [0.1, 0.15) is 5.75 Å². The molecule has 1 amide bonds. The van der Waals surface area contributed by atoms with Crippen molar-refractivity contribution in [2.75, 3.05) is 13.7 Å². The van der Waals surface area contributed by atoms with Crippen LogP contribution in [0.2, 0.25) is 0 Å². The highest BCUT2D eigenvalue weighted by Gasteiger charge is 2.47. The van der Waals surface area contributed by atoms with Gasteiger partial charge < -0.3 is 9.64 Å². The number of ether oxygens (including phenoxy) is 1. The number of hydrogen-bond acceptors (Lipinski definition) is 3. The van der Waals surface area contributed by atoms with Gasteiger partial charge in [-0.05, 0) is 55.4 Å².